The van der Waals surface area contributed by atoms with E-state index < -0.39 is 54.6 Å². The minimum Gasteiger partial charge on any atom is -0.387 e. The van der Waals surface area contributed by atoms with Gasteiger partial charge in [-0.15, -0.1) is 0 Å². The standard InChI is InChI=1S/C10H16N5O13P3.Mg/c11-8-5-9(13-2-12-8)15(3-14-5)10-7(17)6(16)4(26-10)1-25-30(21,22)28-31(23,24)27-29(18,19)20;/h2-4,6-7,10,16-17H,1H2,(H,21,22)(H,23,24)(H2,11,12,13)(H2,18,19,20);. The summed E-state index contributed by atoms with van der Waals surface area (Å²) in [5.41, 5.74) is 6.00. The van der Waals surface area contributed by atoms with E-state index in [-0.39, 0.29) is 40.0 Å². The zero-order valence-electron chi connectivity index (χ0n) is 15.6. The number of fused-ring (bicyclic) bond motifs is 1. The van der Waals surface area contributed by atoms with Crippen LogP contribution in [0.15, 0.2) is 12.7 Å². The van der Waals surface area contributed by atoms with E-state index in [1.807, 2.05) is 0 Å². The Hall–Kier alpha value is -0.594. The number of anilines is 1. The first-order valence-corrected chi connectivity index (χ1v) is 12.4. The molecule has 18 nitrogen and oxygen atoms in total. The number of nitrogens with two attached hydrogens (primary N) is 1. The minimum absolute atomic E-state index is 0. The molecule has 2 aromatic rings. The first-order chi connectivity index (χ1) is 14.2. The Kier molecular flexibility index (Phi) is 8.60. The van der Waals surface area contributed by atoms with Crippen molar-refractivity contribution in [3.63, 3.8) is 0 Å². The third-order valence-corrected chi connectivity index (χ3v) is 7.62. The van der Waals surface area contributed by atoms with Gasteiger partial charge in [-0.2, -0.15) is 8.62 Å². The molecule has 2 radical (unpaired) electrons. The van der Waals surface area contributed by atoms with Crippen LogP contribution in [-0.4, -0.2) is 97.3 Å². The number of nitrogens with zero attached hydrogens (tertiary/aromatic N) is 4. The summed E-state index contributed by atoms with van der Waals surface area (Å²) in [6.07, 6.45) is -3.69. The van der Waals surface area contributed by atoms with Gasteiger partial charge < -0.3 is 40.3 Å². The highest BCUT2D eigenvalue weighted by Crippen LogP contribution is 2.66. The molecule has 1 aliphatic heterocycles. The lowest BCUT2D eigenvalue weighted by molar-refractivity contribution is -0.0503. The first kappa shape index (κ1) is 27.6. The van der Waals surface area contributed by atoms with Crippen molar-refractivity contribution in [2.24, 2.45) is 0 Å². The lowest BCUT2D eigenvalue weighted by Crippen LogP contribution is -2.33. The molecule has 1 aliphatic rings. The van der Waals surface area contributed by atoms with Crippen LogP contribution < -0.4 is 5.73 Å². The first-order valence-electron chi connectivity index (χ1n) is 7.92. The van der Waals surface area contributed by atoms with Gasteiger partial charge in [0, 0.05) is 23.1 Å². The zero-order chi connectivity index (χ0) is 23.2. The zero-order valence-corrected chi connectivity index (χ0v) is 19.7. The van der Waals surface area contributed by atoms with Crippen LogP contribution >= 0.6 is 23.5 Å². The van der Waals surface area contributed by atoms with Gasteiger partial charge in [-0.3, -0.25) is 9.09 Å². The summed E-state index contributed by atoms with van der Waals surface area (Å²) in [4.78, 5) is 47.2. The maximum atomic E-state index is 11.8. The second-order valence-corrected chi connectivity index (χ2v) is 10.4. The SMILES string of the molecule is Nc1ncnc2c1ncn2C1OC(COP(=O)(O)OP(=O)(O)OP(=O)(O)O)C(O)C1O.[Mg]. The van der Waals surface area contributed by atoms with Gasteiger partial charge >= 0.3 is 23.5 Å². The normalized spacial score (nSPS) is 27.6. The Morgan fingerprint density at radius 1 is 1.03 bits per heavy atom. The van der Waals surface area contributed by atoms with Gasteiger partial charge in [0.1, 0.15) is 30.2 Å². The number of aliphatic hydroxyl groups excluding tert-OH is 2. The molecule has 1 fully saturated rings. The fraction of sp³-hybridized carbons (Fsp3) is 0.500. The summed E-state index contributed by atoms with van der Waals surface area (Å²) in [7, 11) is -16.7. The van der Waals surface area contributed by atoms with Crippen molar-refractivity contribution in [1.29, 1.82) is 0 Å². The molecule has 8 N–H and O–H groups in total. The van der Waals surface area contributed by atoms with Crippen molar-refractivity contribution in [3.05, 3.63) is 12.7 Å². The van der Waals surface area contributed by atoms with E-state index in [9.17, 15) is 28.8 Å². The number of nitrogen functional groups attached to an aromatic ring is 1. The fourth-order valence-electron chi connectivity index (χ4n) is 2.62. The molecular weight excluding hydrogens is 515 g/mol. The third-order valence-electron chi connectivity index (χ3n) is 3.82. The van der Waals surface area contributed by atoms with Crippen LogP contribution in [0.25, 0.3) is 11.2 Å². The number of aromatic nitrogens is 4. The van der Waals surface area contributed by atoms with Crippen LogP contribution in [0.5, 0.6) is 0 Å². The summed E-state index contributed by atoms with van der Waals surface area (Å²) in [6, 6.07) is 0. The number of aliphatic hydroxyl groups is 2. The second-order valence-electron chi connectivity index (χ2n) is 6.02. The quantitative estimate of drug-likeness (QED) is 0.143. The van der Waals surface area contributed by atoms with Crippen molar-refractivity contribution in [2.45, 2.75) is 24.5 Å². The molecule has 176 valence electrons. The van der Waals surface area contributed by atoms with Gasteiger partial charge in [0.05, 0.1) is 12.9 Å². The average Bonchev–Trinajstić information content (AvgIpc) is 3.13. The van der Waals surface area contributed by atoms with Crippen LogP contribution in [0.1, 0.15) is 6.23 Å². The van der Waals surface area contributed by atoms with Gasteiger partial charge in [-0.1, -0.05) is 0 Å². The molecule has 0 bridgehead atoms. The number of ether oxygens (including phenoxy) is 1. The summed E-state index contributed by atoms with van der Waals surface area (Å²) >= 11 is 0. The Morgan fingerprint density at radius 2 is 1.69 bits per heavy atom. The van der Waals surface area contributed by atoms with E-state index in [1.54, 1.807) is 0 Å². The van der Waals surface area contributed by atoms with Gasteiger partial charge in [0.2, 0.25) is 0 Å². The molecular formula is C10H16MgN5O13P3. The molecule has 22 heteroatoms. The van der Waals surface area contributed by atoms with Crippen LogP contribution in [0, 0.1) is 0 Å². The Bertz CT molecular complexity index is 1110. The fourth-order valence-corrected chi connectivity index (χ4v) is 5.65. The maximum absolute atomic E-state index is 11.8. The number of phosphoric ester groups is 1. The highest BCUT2D eigenvalue weighted by Gasteiger charge is 2.47. The van der Waals surface area contributed by atoms with E-state index in [0.29, 0.717) is 0 Å². The van der Waals surface area contributed by atoms with E-state index in [0.717, 1.165) is 6.33 Å². The van der Waals surface area contributed by atoms with Crippen molar-refractivity contribution < 1.29 is 61.4 Å². The summed E-state index contributed by atoms with van der Waals surface area (Å²) in [5.74, 6) is 0.0426. The van der Waals surface area contributed by atoms with Crippen molar-refractivity contribution in [3.8, 4) is 0 Å². The number of hydrogen-bond acceptors (Lipinski definition) is 13. The molecule has 6 atom stereocenters. The molecule has 6 unspecified atom stereocenters. The molecule has 3 heterocycles. The van der Waals surface area contributed by atoms with Gasteiger partial charge in [0.15, 0.2) is 17.7 Å². The topological polar surface area (TPSA) is 279 Å². The Balaban J connectivity index is 0.00000363. The van der Waals surface area contributed by atoms with E-state index in [2.05, 4.69) is 28.1 Å². The monoisotopic (exact) mass is 531 g/mol. The predicted molar refractivity (Wildman–Crippen MR) is 101 cm³/mol. The van der Waals surface area contributed by atoms with Crippen LogP contribution in [0.3, 0.4) is 0 Å². The third kappa shape index (κ3) is 6.50. The van der Waals surface area contributed by atoms with Gasteiger partial charge in [-0.25, -0.2) is 28.6 Å². The van der Waals surface area contributed by atoms with Crippen molar-refractivity contribution in [1.82, 2.24) is 19.5 Å². The number of imidazole rings is 1. The number of hydrogen-bond donors (Lipinski definition) is 7. The highest BCUT2D eigenvalue weighted by atomic mass is 31.3. The average molecular weight is 531 g/mol. The molecule has 0 amide bonds. The molecule has 1 saturated heterocycles. The molecule has 32 heavy (non-hydrogen) atoms. The van der Waals surface area contributed by atoms with Crippen LogP contribution in [0.4, 0.5) is 5.82 Å². The minimum atomic E-state index is -5.70. The van der Waals surface area contributed by atoms with Gasteiger partial charge in [0.25, 0.3) is 0 Å². The van der Waals surface area contributed by atoms with Crippen molar-refractivity contribution >= 4 is 63.5 Å². The highest BCUT2D eigenvalue weighted by molar-refractivity contribution is 7.66. The summed E-state index contributed by atoms with van der Waals surface area (Å²) < 4.78 is 51.9. The molecule has 0 aromatic carbocycles. The van der Waals surface area contributed by atoms with Crippen LogP contribution in [-0.2, 0) is 31.6 Å². The number of phosphoric acid groups is 3. The Labute approximate surface area is 193 Å². The lowest BCUT2D eigenvalue weighted by Gasteiger charge is -2.19. The van der Waals surface area contributed by atoms with Crippen molar-refractivity contribution in [2.75, 3.05) is 12.3 Å². The molecule has 0 aliphatic carbocycles. The molecule has 0 saturated carbocycles. The second kappa shape index (κ2) is 9.95. The Morgan fingerprint density at radius 3 is 2.31 bits per heavy atom. The molecule has 3 rings (SSSR count). The predicted octanol–water partition coefficient (Wildman–Crippen LogP) is -2.01. The van der Waals surface area contributed by atoms with E-state index in [1.165, 1.54) is 10.9 Å². The van der Waals surface area contributed by atoms with Gasteiger partial charge in [-0.05, 0) is 0 Å². The van der Waals surface area contributed by atoms with Crippen LogP contribution in [0.2, 0.25) is 0 Å². The lowest BCUT2D eigenvalue weighted by atomic mass is 10.1. The number of rotatable bonds is 8. The maximum Gasteiger partial charge on any atom is 0.490 e. The smallest absolute Gasteiger partial charge is 0.387 e. The summed E-state index contributed by atoms with van der Waals surface area (Å²) in [6.45, 7) is -0.956. The summed E-state index contributed by atoms with van der Waals surface area (Å²) in [5, 5.41) is 20.4. The van der Waals surface area contributed by atoms with E-state index in [4.69, 9.17) is 25.2 Å². The molecule has 2 aromatic heterocycles. The van der Waals surface area contributed by atoms with E-state index >= 15 is 0 Å². The molecule has 0 spiro atoms. The largest absolute Gasteiger partial charge is 0.490 e.